The summed E-state index contributed by atoms with van der Waals surface area (Å²) < 4.78 is 2.20. The Labute approximate surface area is 95.3 Å². The van der Waals surface area contributed by atoms with Crippen molar-refractivity contribution < 1.29 is 0 Å². The topological polar surface area (TPSA) is 43.3 Å². The second-order valence-corrected chi connectivity index (χ2v) is 4.87. The van der Waals surface area contributed by atoms with Crippen LogP contribution in [0.25, 0.3) is 5.52 Å². The summed E-state index contributed by atoms with van der Waals surface area (Å²) in [6.07, 6.45) is 6.48. The highest BCUT2D eigenvalue weighted by molar-refractivity contribution is 5.48. The van der Waals surface area contributed by atoms with Crippen LogP contribution in [0.2, 0.25) is 0 Å². The smallest absolute Gasteiger partial charge is 0.133 e. The Hall–Kier alpha value is -1.35. The predicted molar refractivity (Wildman–Crippen MR) is 64.3 cm³/mol. The fourth-order valence-electron chi connectivity index (χ4n) is 2.79. The highest BCUT2D eigenvalue weighted by atomic mass is 15.1. The fraction of sp³-hybridized carbons (Fsp3) is 0.462. The average molecular weight is 215 g/mol. The predicted octanol–water partition coefficient (Wildman–Crippen LogP) is 2.37. The summed E-state index contributed by atoms with van der Waals surface area (Å²) in [5.74, 6) is 1.04. The molecule has 0 saturated heterocycles. The third-order valence-corrected chi connectivity index (χ3v) is 3.69. The zero-order valence-electron chi connectivity index (χ0n) is 9.61. The fourth-order valence-corrected chi connectivity index (χ4v) is 2.79. The van der Waals surface area contributed by atoms with Crippen molar-refractivity contribution in [2.45, 2.75) is 38.1 Å². The Balaban J connectivity index is 2.24. The van der Waals surface area contributed by atoms with Crippen LogP contribution < -0.4 is 5.73 Å². The maximum atomic E-state index is 6.48. The number of rotatable bonds is 1. The summed E-state index contributed by atoms with van der Waals surface area (Å²) in [6, 6.07) is 6.26. The molecule has 1 saturated carbocycles. The van der Waals surface area contributed by atoms with E-state index < -0.39 is 0 Å². The number of hydrogen-bond acceptors (Lipinski definition) is 2. The molecule has 0 bridgehead atoms. The number of aromatic nitrogens is 2. The second kappa shape index (κ2) is 3.32. The first-order chi connectivity index (χ1) is 7.71. The van der Waals surface area contributed by atoms with Gasteiger partial charge in [0.05, 0.1) is 17.3 Å². The molecular formula is C13H17N3. The Morgan fingerprint density at radius 2 is 2.06 bits per heavy atom. The van der Waals surface area contributed by atoms with Crippen LogP contribution in [0.3, 0.4) is 0 Å². The third kappa shape index (κ3) is 1.28. The van der Waals surface area contributed by atoms with Crippen LogP contribution in [0.4, 0.5) is 0 Å². The average Bonchev–Trinajstić information content (AvgIpc) is 2.85. The Morgan fingerprint density at radius 3 is 2.81 bits per heavy atom. The van der Waals surface area contributed by atoms with Gasteiger partial charge >= 0.3 is 0 Å². The highest BCUT2D eigenvalue weighted by Crippen LogP contribution is 2.36. The van der Waals surface area contributed by atoms with Crippen LogP contribution in [0.1, 0.15) is 37.2 Å². The maximum Gasteiger partial charge on any atom is 0.133 e. The van der Waals surface area contributed by atoms with Gasteiger partial charge in [0.2, 0.25) is 0 Å². The standard InChI is InChI=1S/C13H17N3/c1-10-5-4-6-11-9-15-12(16(10)11)13(14)7-2-3-8-13/h4-6,9H,2-3,7-8,14H2,1H3. The molecule has 3 heteroatoms. The van der Waals surface area contributed by atoms with Crippen molar-refractivity contribution in [1.82, 2.24) is 9.38 Å². The molecule has 2 aromatic rings. The summed E-state index contributed by atoms with van der Waals surface area (Å²) >= 11 is 0. The second-order valence-electron chi connectivity index (χ2n) is 4.87. The van der Waals surface area contributed by atoms with Crippen LogP contribution >= 0.6 is 0 Å². The van der Waals surface area contributed by atoms with E-state index in [1.807, 2.05) is 6.20 Å². The SMILES string of the molecule is Cc1cccc2cnc(C3(N)CCCC3)n12. The molecule has 2 N–H and O–H groups in total. The van der Waals surface area contributed by atoms with Gasteiger partial charge in [0.25, 0.3) is 0 Å². The minimum atomic E-state index is -0.210. The number of pyridine rings is 1. The normalized spacial score (nSPS) is 19.4. The van der Waals surface area contributed by atoms with Crippen molar-refractivity contribution in [3.05, 3.63) is 35.9 Å². The lowest BCUT2D eigenvalue weighted by atomic mass is 9.98. The van der Waals surface area contributed by atoms with E-state index in [0.717, 1.165) is 24.2 Å². The number of fused-ring (bicyclic) bond motifs is 1. The molecule has 0 aliphatic heterocycles. The molecule has 0 aromatic carbocycles. The van der Waals surface area contributed by atoms with Crippen LogP contribution in [-0.4, -0.2) is 9.38 Å². The number of hydrogen-bond donors (Lipinski definition) is 1. The Bertz CT molecular complexity index is 521. The first-order valence-electron chi connectivity index (χ1n) is 5.93. The van der Waals surface area contributed by atoms with Gasteiger partial charge in [0, 0.05) is 5.69 Å². The summed E-state index contributed by atoms with van der Waals surface area (Å²) in [4.78, 5) is 4.55. The van der Waals surface area contributed by atoms with Crippen LogP contribution in [0.5, 0.6) is 0 Å². The molecule has 2 aromatic heterocycles. The van der Waals surface area contributed by atoms with E-state index in [4.69, 9.17) is 5.73 Å². The number of aryl methyl sites for hydroxylation is 1. The van der Waals surface area contributed by atoms with E-state index in [0.29, 0.717) is 0 Å². The molecule has 84 valence electrons. The third-order valence-electron chi connectivity index (χ3n) is 3.69. The van der Waals surface area contributed by atoms with Crippen molar-refractivity contribution in [1.29, 1.82) is 0 Å². The number of nitrogens with zero attached hydrogens (tertiary/aromatic N) is 2. The molecule has 2 heterocycles. The van der Waals surface area contributed by atoms with E-state index in [2.05, 4.69) is 34.5 Å². The van der Waals surface area contributed by atoms with Gasteiger partial charge in [0.1, 0.15) is 5.82 Å². The van der Waals surface area contributed by atoms with Crippen molar-refractivity contribution >= 4 is 5.52 Å². The molecule has 1 fully saturated rings. The van der Waals surface area contributed by atoms with E-state index in [1.54, 1.807) is 0 Å². The molecule has 16 heavy (non-hydrogen) atoms. The zero-order valence-corrected chi connectivity index (χ0v) is 9.61. The van der Waals surface area contributed by atoms with Gasteiger partial charge in [-0.3, -0.25) is 4.40 Å². The molecule has 0 amide bonds. The van der Waals surface area contributed by atoms with Crippen molar-refractivity contribution in [3.63, 3.8) is 0 Å². The van der Waals surface area contributed by atoms with Crippen molar-refractivity contribution in [3.8, 4) is 0 Å². The minimum absolute atomic E-state index is 0.210. The minimum Gasteiger partial charge on any atom is -0.319 e. The van der Waals surface area contributed by atoms with Crippen molar-refractivity contribution in [2.75, 3.05) is 0 Å². The Morgan fingerprint density at radius 1 is 1.31 bits per heavy atom. The van der Waals surface area contributed by atoms with Crippen LogP contribution in [0, 0.1) is 6.92 Å². The highest BCUT2D eigenvalue weighted by Gasteiger charge is 2.35. The summed E-state index contributed by atoms with van der Waals surface area (Å²) in [7, 11) is 0. The van der Waals surface area contributed by atoms with Gasteiger partial charge in [-0.2, -0.15) is 0 Å². The van der Waals surface area contributed by atoms with Gasteiger partial charge in [-0.05, 0) is 31.9 Å². The van der Waals surface area contributed by atoms with Crippen LogP contribution in [0.15, 0.2) is 24.4 Å². The van der Waals surface area contributed by atoms with Crippen molar-refractivity contribution in [2.24, 2.45) is 5.73 Å². The zero-order chi connectivity index (χ0) is 11.2. The Kier molecular flexibility index (Phi) is 2.04. The summed E-state index contributed by atoms with van der Waals surface area (Å²) in [6.45, 7) is 2.11. The van der Waals surface area contributed by atoms with Gasteiger partial charge in [-0.1, -0.05) is 18.9 Å². The lowest BCUT2D eigenvalue weighted by Crippen LogP contribution is -2.35. The molecule has 3 rings (SSSR count). The number of imidazole rings is 1. The largest absolute Gasteiger partial charge is 0.319 e. The number of nitrogens with two attached hydrogens (primary N) is 1. The summed E-state index contributed by atoms with van der Waals surface area (Å²) in [5.41, 5.74) is 8.62. The molecule has 0 radical (unpaired) electrons. The molecule has 0 spiro atoms. The first kappa shape index (κ1) is 9.85. The van der Waals surface area contributed by atoms with Gasteiger partial charge < -0.3 is 5.73 Å². The lowest BCUT2D eigenvalue weighted by Gasteiger charge is -2.22. The van der Waals surface area contributed by atoms with Gasteiger partial charge in [-0.15, -0.1) is 0 Å². The molecular weight excluding hydrogens is 198 g/mol. The molecule has 0 atom stereocenters. The quantitative estimate of drug-likeness (QED) is 0.793. The molecule has 1 aliphatic rings. The summed E-state index contributed by atoms with van der Waals surface area (Å²) in [5, 5.41) is 0. The molecule has 1 aliphatic carbocycles. The molecule has 0 unspecified atom stereocenters. The van der Waals surface area contributed by atoms with Gasteiger partial charge in [-0.25, -0.2) is 4.98 Å². The monoisotopic (exact) mass is 215 g/mol. The van der Waals surface area contributed by atoms with Crippen LogP contribution in [-0.2, 0) is 5.54 Å². The van der Waals surface area contributed by atoms with E-state index in [-0.39, 0.29) is 5.54 Å². The first-order valence-corrected chi connectivity index (χ1v) is 5.93. The van der Waals surface area contributed by atoms with E-state index >= 15 is 0 Å². The van der Waals surface area contributed by atoms with E-state index in [9.17, 15) is 0 Å². The van der Waals surface area contributed by atoms with Gasteiger partial charge in [0.15, 0.2) is 0 Å². The lowest BCUT2D eigenvalue weighted by molar-refractivity contribution is 0.428. The van der Waals surface area contributed by atoms with E-state index in [1.165, 1.54) is 18.5 Å². The molecule has 3 nitrogen and oxygen atoms in total. The maximum absolute atomic E-state index is 6.48.